The molecule has 4 nitrogen and oxygen atoms in total. The first-order valence-corrected chi connectivity index (χ1v) is 6.74. The summed E-state index contributed by atoms with van der Waals surface area (Å²) < 4.78 is 0. The Labute approximate surface area is 111 Å². The van der Waals surface area contributed by atoms with Gasteiger partial charge in [0.05, 0.1) is 0 Å². The van der Waals surface area contributed by atoms with E-state index in [1.165, 1.54) is 11.8 Å². The molecule has 0 saturated heterocycles. The lowest BCUT2D eigenvalue weighted by Gasteiger charge is -2.15. The van der Waals surface area contributed by atoms with Crippen molar-refractivity contribution in [2.24, 2.45) is 5.92 Å². The standard InChI is InChI=1S/C13H17NO3S/c1-9(2)11(15)14-12(13(16)17)18-8-10-6-4-3-5-7-10/h3-7,9,12H,8H2,1-2H3,(H,14,15)(H,16,17). The molecule has 0 heterocycles. The second kappa shape index (κ2) is 7.06. The number of hydrogen-bond donors (Lipinski definition) is 2. The molecule has 0 aliphatic carbocycles. The molecule has 0 saturated carbocycles. The van der Waals surface area contributed by atoms with Crippen LogP contribution >= 0.6 is 11.8 Å². The van der Waals surface area contributed by atoms with E-state index in [0.717, 1.165) is 5.56 Å². The fourth-order valence-corrected chi connectivity index (χ4v) is 2.12. The molecule has 1 amide bonds. The van der Waals surface area contributed by atoms with Crippen LogP contribution in [0.1, 0.15) is 19.4 Å². The molecule has 0 aliphatic rings. The van der Waals surface area contributed by atoms with Gasteiger partial charge in [0.1, 0.15) is 0 Å². The van der Waals surface area contributed by atoms with Crippen LogP contribution in [0.3, 0.4) is 0 Å². The van der Waals surface area contributed by atoms with Crippen molar-refractivity contribution < 1.29 is 14.7 Å². The molecule has 98 valence electrons. The van der Waals surface area contributed by atoms with Gasteiger partial charge >= 0.3 is 5.97 Å². The summed E-state index contributed by atoms with van der Waals surface area (Å²) in [6.07, 6.45) is 0. The maximum absolute atomic E-state index is 11.5. The lowest BCUT2D eigenvalue weighted by molar-refractivity contribution is -0.139. The van der Waals surface area contributed by atoms with Crippen molar-refractivity contribution >= 4 is 23.6 Å². The van der Waals surface area contributed by atoms with E-state index in [2.05, 4.69) is 5.32 Å². The first-order valence-electron chi connectivity index (χ1n) is 5.69. The molecule has 0 radical (unpaired) electrons. The molecular weight excluding hydrogens is 250 g/mol. The van der Waals surface area contributed by atoms with Gasteiger partial charge in [0, 0.05) is 11.7 Å². The van der Waals surface area contributed by atoms with Crippen LogP contribution in [0.15, 0.2) is 30.3 Å². The number of carboxylic acids is 1. The smallest absolute Gasteiger partial charge is 0.336 e. The number of amides is 1. The molecule has 0 aromatic heterocycles. The topological polar surface area (TPSA) is 66.4 Å². The van der Waals surface area contributed by atoms with Crippen LogP contribution in [-0.4, -0.2) is 22.4 Å². The number of aliphatic carboxylic acids is 1. The van der Waals surface area contributed by atoms with Gasteiger partial charge in [-0.05, 0) is 5.56 Å². The largest absolute Gasteiger partial charge is 0.479 e. The number of carboxylic acid groups (broad SMARTS) is 1. The van der Waals surface area contributed by atoms with Gasteiger partial charge in [0.2, 0.25) is 5.91 Å². The summed E-state index contributed by atoms with van der Waals surface area (Å²) in [5.41, 5.74) is 1.03. The minimum atomic E-state index is -1.02. The molecule has 1 aromatic rings. The predicted octanol–water partition coefficient (Wildman–Crippen LogP) is 2.10. The normalized spacial score (nSPS) is 12.2. The fourth-order valence-electron chi connectivity index (χ4n) is 1.22. The summed E-state index contributed by atoms with van der Waals surface area (Å²) in [6, 6.07) is 9.56. The summed E-state index contributed by atoms with van der Waals surface area (Å²) in [5.74, 6) is -0.937. The van der Waals surface area contributed by atoms with E-state index in [4.69, 9.17) is 5.11 Å². The summed E-state index contributed by atoms with van der Waals surface area (Å²) in [4.78, 5) is 22.5. The van der Waals surface area contributed by atoms with Gasteiger partial charge < -0.3 is 10.4 Å². The second-order valence-electron chi connectivity index (χ2n) is 4.18. The maximum Gasteiger partial charge on any atom is 0.336 e. The minimum Gasteiger partial charge on any atom is -0.479 e. The number of rotatable bonds is 6. The average molecular weight is 267 g/mol. The van der Waals surface area contributed by atoms with Crippen molar-refractivity contribution in [2.75, 3.05) is 0 Å². The Kier molecular flexibility index (Phi) is 5.71. The number of nitrogens with one attached hydrogen (secondary N) is 1. The molecule has 0 fully saturated rings. The Morgan fingerprint density at radius 2 is 1.89 bits per heavy atom. The van der Waals surface area contributed by atoms with Crippen molar-refractivity contribution in [1.29, 1.82) is 0 Å². The highest BCUT2D eigenvalue weighted by atomic mass is 32.2. The van der Waals surface area contributed by atoms with Crippen molar-refractivity contribution in [2.45, 2.75) is 25.0 Å². The Morgan fingerprint density at radius 1 is 1.28 bits per heavy atom. The Bertz CT molecular complexity index is 406. The summed E-state index contributed by atoms with van der Waals surface area (Å²) in [7, 11) is 0. The van der Waals surface area contributed by atoms with Crippen LogP contribution < -0.4 is 5.32 Å². The Morgan fingerprint density at radius 3 is 2.39 bits per heavy atom. The van der Waals surface area contributed by atoms with Gasteiger partial charge in [-0.3, -0.25) is 4.79 Å². The zero-order valence-electron chi connectivity index (χ0n) is 10.4. The number of carbonyl (C=O) groups is 2. The molecule has 18 heavy (non-hydrogen) atoms. The number of hydrogen-bond acceptors (Lipinski definition) is 3. The highest BCUT2D eigenvalue weighted by Gasteiger charge is 2.21. The van der Waals surface area contributed by atoms with Gasteiger partial charge in [0.15, 0.2) is 5.37 Å². The van der Waals surface area contributed by atoms with Gasteiger partial charge in [-0.15, -0.1) is 11.8 Å². The van der Waals surface area contributed by atoms with E-state index >= 15 is 0 Å². The van der Waals surface area contributed by atoms with Crippen LogP contribution in [0.4, 0.5) is 0 Å². The summed E-state index contributed by atoms with van der Waals surface area (Å²) in [6.45, 7) is 3.46. The minimum absolute atomic E-state index is 0.218. The molecule has 1 atom stereocenters. The van der Waals surface area contributed by atoms with Crippen molar-refractivity contribution in [3.63, 3.8) is 0 Å². The number of benzene rings is 1. The zero-order chi connectivity index (χ0) is 13.5. The van der Waals surface area contributed by atoms with Crippen molar-refractivity contribution in [1.82, 2.24) is 5.32 Å². The molecule has 5 heteroatoms. The van der Waals surface area contributed by atoms with E-state index in [9.17, 15) is 9.59 Å². The second-order valence-corrected chi connectivity index (χ2v) is 5.27. The highest BCUT2D eigenvalue weighted by molar-refractivity contribution is 7.99. The van der Waals surface area contributed by atoms with E-state index in [-0.39, 0.29) is 11.8 Å². The van der Waals surface area contributed by atoms with Gasteiger partial charge in [0.25, 0.3) is 0 Å². The van der Waals surface area contributed by atoms with Gasteiger partial charge in [-0.1, -0.05) is 44.2 Å². The molecule has 2 N–H and O–H groups in total. The van der Waals surface area contributed by atoms with E-state index in [1.807, 2.05) is 30.3 Å². The first kappa shape index (κ1) is 14.6. The van der Waals surface area contributed by atoms with Crippen molar-refractivity contribution in [3.05, 3.63) is 35.9 Å². The lowest BCUT2D eigenvalue weighted by Crippen LogP contribution is -2.40. The molecule has 1 unspecified atom stereocenters. The number of thioether (sulfide) groups is 1. The molecule has 1 rings (SSSR count). The van der Waals surface area contributed by atoms with Crippen LogP contribution in [0.2, 0.25) is 0 Å². The fraction of sp³-hybridized carbons (Fsp3) is 0.385. The van der Waals surface area contributed by atoms with Crippen LogP contribution in [0, 0.1) is 5.92 Å². The first-order chi connectivity index (χ1) is 8.50. The monoisotopic (exact) mass is 267 g/mol. The quantitative estimate of drug-likeness (QED) is 0.775. The van der Waals surface area contributed by atoms with Gasteiger partial charge in [-0.25, -0.2) is 4.79 Å². The van der Waals surface area contributed by atoms with Gasteiger partial charge in [-0.2, -0.15) is 0 Å². The third-order valence-corrected chi connectivity index (χ3v) is 3.43. The molecule has 0 spiro atoms. The van der Waals surface area contributed by atoms with E-state index in [0.29, 0.717) is 5.75 Å². The predicted molar refractivity (Wildman–Crippen MR) is 72.1 cm³/mol. The third-order valence-electron chi connectivity index (χ3n) is 2.28. The molecule has 0 aliphatic heterocycles. The molecule has 0 bridgehead atoms. The summed E-state index contributed by atoms with van der Waals surface area (Å²) >= 11 is 1.20. The van der Waals surface area contributed by atoms with E-state index < -0.39 is 11.3 Å². The average Bonchev–Trinajstić information content (AvgIpc) is 2.34. The molecule has 1 aromatic carbocycles. The maximum atomic E-state index is 11.5. The third kappa shape index (κ3) is 4.79. The Hall–Kier alpha value is -1.49. The highest BCUT2D eigenvalue weighted by Crippen LogP contribution is 2.16. The summed E-state index contributed by atoms with van der Waals surface area (Å²) in [5, 5.41) is 10.7. The Balaban J connectivity index is 2.54. The zero-order valence-corrected chi connectivity index (χ0v) is 11.2. The van der Waals surface area contributed by atoms with Crippen LogP contribution in [0.25, 0.3) is 0 Å². The number of carbonyl (C=O) groups excluding carboxylic acids is 1. The van der Waals surface area contributed by atoms with Crippen molar-refractivity contribution in [3.8, 4) is 0 Å². The van der Waals surface area contributed by atoms with E-state index in [1.54, 1.807) is 13.8 Å². The van der Waals surface area contributed by atoms with Crippen LogP contribution in [-0.2, 0) is 15.3 Å². The molecular formula is C13H17NO3S. The van der Waals surface area contributed by atoms with Crippen LogP contribution in [0.5, 0.6) is 0 Å². The SMILES string of the molecule is CC(C)C(=O)NC(SCc1ccccc1)C(=O)O. The lowest BCUT2D eigenvalue weighted by atomic mass is 10.2.